The number of hydrogen-bond donors (Lipinski definition) is 1. The highest BCUT2D eigenvalue weighted by Crippen LogP contribution is 2.28. The smallest absolute Gasteiger partial charge is 0.264 e. The Bertz CT molecular complexity index is 1200. The third-order valence-corrected chi connectivity index (χ3v) is 8.50. The Balaban J connectivity index is 1.83. The zero-order valence-electron chi connectivity index (χ0n) is 18.9. The van der Waals surface area contributed by atoms with Crippen LogP contribution in [-0.2, 0) is 14.8 Å². The Kier molecular flexibility index (Phi) is 8.86. The normalized spacial score (nSPS) is 11.4. The van der Waals surface area contributed by atoms with Gasteiger partial charge in [-0.25, -0.2) is 12.8 Å². The molecule has 0 aliphatic heterocycles. The van der Waals surface area contributed by atoms with E-state index in [4.69, 9.17) is 4.74 Å². The number of anilines is 2. The first-order valence-electron chi connectivity index (χ1n) is 10.5. The van der Waals surface area contributed by atoms with Crippen molar-refractivity contribution in [2.24, 2.45) is 5.92 Å². The molecule has 182 valence electrons. The largest absolute Gasteiger partial charge is 0.494 e. The second-order valence-electron chi connectivity index (χ2n) is 7.52. The van der Waals surface area contributed by atoms with Crippen LogP contribution in [0.3, 0.4) is 0 Å². The number of ether oxygens (including phenoxy) is 1. The van der Waals surface area contributed by atoms with Crippen molar-refractivity contribution in [2.75, 3.05) is 28.5 Å². The minimum Gasteiger partial charge on any atom is -0.494 e. The maximum absolute atomic E-state index is 13.4. The fourth-order valence-corrected chi connectivity index (χ4v) is 5.94. The fraction of sp³-hybridized carbons (Fsp3) is 0.318. The van der Waals surface area contributed by atoms with Crippen molar-refractivity contribution in [1.29, 1.82) is 0 Å². The molecule has 0 spiro atoms. The number of sulfonamides is 1. The molecule has 34 heavy (non-hydrogen) atoms. The Morgan fingerprint density at radius 2 is 1.82 bits per heavy atom. The number of thioether (sulfide) groups is 1. The first kappa shape index (κ1) is 25.9. The number of carbonyl (C=O) groups is 1. The summed E-state index contributed by atoms with van der Waals surface area (Å²) in [5, 5.41) is 10.9. The van der Waals surface area contributed by atoms with Crippen LogP contribution in [0.15, 0.2) is 57.8 Å². The summed E-state index contributed by atoms with van der Waals surface area (Å²) in [4.78, 5) is 12.7. The third kappa shape index (κ3) is 6.90. The summed E-state index contributed by atoms with van der Waals surface area (Å²) in [7, 11) is -4.17. The van der Waals surface area contributed by atoms with Gasteiger partial charge in [0.05, 0.1) is 17.2 Å². The van der Waals surface area contributed by atoms with E-state index in [1.807, 2.05) is 6.92 Å². The summed E-state index contributed by atoms with van der Waals surface area (Å²) < 4.78 is 47.2. The summed E-state index contributed by atoms with van der Waals surface area (Å²) in [6.07, 6.45) is 0. The van der Waals surface area contributed by atoms with Crippen LogP contribution in [0.1, 0.15) is 20.8 Å². The van der Waals surface area contributed by atoms with E-state index in [9.17, 15) is 17.6 Å². The predicted molar refractivity (Wildman–Crippen MR) is 133 cm³/mol. The molecule has 12 heteroatoms. The van der Waals surface area contributed by atoms with Crippen LogP contribution in [0.25, 0.3) is 0 Å². The van der Waals surface area contributed by atoms with Gasteiger partial charge in [0.25, 0.3) is 10.0 Å². The third-order valence-electron chi connectivity index (χ3n) is 4.32. The van der Waals surface area contributed by atoms with Crippen molar-refractivity contribution >= 4 is 49.8 Å². The van der Waals surface area contributed by atoms with E-state index in [1.54, 1.807) is 24.3 Å². The lowest BCUT2D eigenvalue weighted by Gasteiger charge is -2.24. The van der Waals surface area contributed by atoms with Gasteiger partial charge in [0, 0.05) is 5.75 Å². The van der Waals surface area contributed by atoms with Crippen LogP contribution in [0.2, 0.25) is 0 Å². The van der Waals surface area contributed by atoms with Gasteiger partial charge in [-0.15, -0.1) is 10.2 Å². The second kappa shape index (κ2) is 11.6. The lowest BCUT2D eigenvalue weighted by Crippen LogP contribution is -2.38. The summed E-state index contributed by atoms with van der Waals surface area (Å²) in [5.74, 6) is 0.758. The molecular weight excluding hydrogens is 499 g/mol. The number of hydrogen-bond acceptors (Lipinski definition) is 8. The molecule has 0 atom stereocenters. The van der Waals surface area contributed by atoms with E-state index in [2.05, 4.69) is 29.4 Å². The average Bonchev–Trinajstić information content (AvgIpc) is 3.24. The van der Waals surface area contributed by atoms with Crippen LogP contribution >= 0.6 is 23.1 Å². The molecule has 0 saturated heterocycles. The molecule has 1 heterocycles. The summed E-state index contributed by atoms with van der Waals surface area (Å²) in [6, 6.07) is 10.8. The number of aromatic nitrogens is 2. The summed E-state index contributed by atoms with van der Waals surface area (Å²) >= 11 is 2.76. The van der Waals surface area contributed by atoms with E-state index >= 15 is 0 Å². The highest BCUT2D eigenvalue weighted by molar-refractivity contribution is 8.01. The lowest BCUT2D eigenvalue weighted by molar-refractivity contribution is -0.114. The van der Waals surface area contributed by atoms with Crippen LogP contribution in [0.5, 0.6) is 5.75 Å². The number of nitrogens with one attached hydrogen (secondary N) is 1. The van der Waals surface area contributed by atoms with Gasteiger partial charge in [-0.05, 0) is 61.4 Å². The number of amides is 1. The number of benzene rings is 2. The number of nitrogens with zero attached hydrogens (tertiary/aromatic N) is 3. The van der Waals surface area contributed by atoms with E-state index in [0.29, 0.717) is 22.6 Å². The highest BCUT2D eigenvalue weighted by atomic mass is 32.2. The maximum atomic E-state index is 13.4. The lowest BCUT2D eigenvalue weighted by atomic mass is 10.3. The Morgan fingerprint density at radius 1 is 1.15 bits per heavy atom. The molecule has 0 fully saturated rings. The van der Waals surface area contributed by atoms with E-state index in [1.165, 1.54) is 23.1 Å². The second-order valence-corrected chi connectivity index (χ2v) is 11.6. The minimum absolute atomic E-state index is 0.140. The molecule has 0 bridgehead atoms. The molecule has 0 saturated carbocycles. The van der Waals surface area contributed by atoms with Crippen LogP contribution in [0, 0.1) is 11.7 Å². The van der Waals surface area contributed by atoms with Crippen molar-refractivity contribution in [3.63, 3.8) is 0 Å². The molecule has 2 aromatic carbocycles. The Labute approximate surface area is 206 Å². The Morgan fingerprint density at radius 3 is 2.44 bits per heavy atom. The molecular formula is C22H25FN4O4S3. The van der Waals surface area contributed by atoms with Gasteiger partial charge < -0.3 is 4.74 Å². The minimum atomic E-state index is -4.17. The standard InChI is InChI=1S/C22H25FN4O4S3/c1-4-31-18-9-7-17(8-10-18)27(34(29,30)19-11-5-16(23)6-12-19)13-20(28)24-21-25-26-22(33-21)32-14-15(2)3/h5-12,15H,4,13-14H2,1-3H3,(H,24,25,28). The van der Waals surface area contributed by atoms with Crippen molar-refractivity contribution in [1.82, 2.24) is 10.2 Å². The molecule has 0 aliphatic carbocycles. The van der Waals surface area contributed by atoms with Gasteiger partial charge in [-0.1, -0.05) is 36.9 Å². The number of halogens is 1. The van der Waals surface area contributed by atoms with Gasteiger partial charge >= 0.3 is 0 Å². The molecule has 3 aromatic rings. The van der Waals surface area contributed by atoms with Gasteiger partial charge in [0.1, 0.15) is 18.1 Å². The van der Waals surface area contributed by atoms with Crippen molar-refractivity contribution in [3.8, 4) is 5.75 Å². The van der Waals surface area contributed by atoms with Gasteiger partial charge in [0.15, 0.2) is 4.34 Å². The SMILES string of the molecule is CCOc1ccc(N(CC(=O)Nc2nnc(SCC(C)C)s2)S(=O)(=O)c2ccc(F)cc2)cc1. The first-order valence-corrected chi connectivity index (χ1v) is 13.7. The van der Waals surface area contributed by atoms with Crippen molar-refractivity contribution in [3.05, 3.63) is 54.3 Å². The molecule has 1 N–H and O–H groups in total. The van der Waals surface area contributed by atoms with Crippen LogP contribution in [-0.4, -0.2) is 43.4 Å². The van der Waals surface area contributed by atoms with Gasteiger partial charge in [-0.3, -0.25) is 14.4 Å². The van der Waals surface area contributed by atoms with Gasteiger partial charge in [-0.2, -0.15) is 0 Å². The molecule has 0 aliphatic rings. The van der Waals surface area contributed by atoms with E-state index in [0.717, 1.165) is 34.3 Å². The maximum Gasteiger partial charge on any atom is 0.264 e. The van der Waals surface area contributed by atoms with Crippen molar-refractivity contribution in [2.45, 2.75) is 30.0 Å². The molecule has 1 amide bonds. The topological polar surface area (TPSA) is 101 Å². The monoisotopic (exact) mass is 524 g/mol. The quantitative estimate of drug-likeness (QED) is 0.288. The van der Waals surface area contributed by atoms with Crippen LogP contribution in [0.4, 0.5) is 15.2 Å². The molecule has 8 nitrogen and oxygen atoms in total. The summed E-state index contributed by atoms with van der Waals surface area (Å²) in [6.45, 7) is 5.96. The zero-order valence-corrected chi connectivity index (χ0v) is 21.3. The predicted octanol–water partition coefficient (Wildman–Crippen LogP) is 4.66. The number of carbonyl (C=O) groups excluding carboxylic acids is 1. The highest BCUT2D eigenvalue weighted by Gasteiger charge is 2.28. The van der Waals surface area contributed by atoms with Crippen molar-refractivity contribution < 1.29 is 22.3 Å². The first-order chi connectivity index (χ1) is 16.2. The van der Waals surface area contributed by atoms with Crippen LogP contribution < -0.4 is 14.4 Å². The number of rotatable bonds is 11. The molecule has 3 rings (SSSR count). The molecule has 0 unspecified atom stereocenters. The van der Waals surface area contributed by atoms with E-state index in [-0.39, 0.29) is 15.7 Å². The average molecular weight is 525 g/mol. The zero-order chi connectivity index (χ0) is 24.7. The molecule has 1 aromatic heterocycles. The Hall–Kier alpha value is -2.70. The van der Waals surface area contributed by atoms with Gasteiger partial charge in [0.2, 0.25) is 11.0 Å². The van der Waals surface area contributed by atoms with E-state index < -0.39 is 28.3 Å². The fourth-order valence-electron chi connectivity index (χ4n) is 2.77. The summed E-state index contributed by atoms with van der Waals surface area (Å²) in [5.41, 5.74) is 0.258. The molecule has 0 radical (unpaired) electrons.